The van der Waals surface area contributed by atoms with E-state index in [1.54, 1.807) is 0 Å². The smallest absolute Gasteiger partial charge is 0.0636 e. The molecule has 0 saturated carbocycles. The molecule has 0 aliphatic carbocycles. The third kappa shape index (κ3) is 8.97. The molecule has 124 valence electrons. The second kappa shape index (κ2) is 6.79. The molecule has 20 heavy (non-hydrogen) atoms. The van der Waals surface area contributed by atoms with Gasteiger partial charge in [-0.1, -0.05) is 83.1 Å². The van der Waals surface area contributed by atoms with Gasteiger partial charge >= 0.3 is 0 Å². The van der Waals surface area contributed by atoms with Crippen molar-refractivity contribution in [2.24, 2.45) is 21.7 Å². The average Bonchev–Trinajstić information content (AvgIpc) is 2.10. The fourth-order valence-corrected chi connectivity index (χ4v) is 2.60. The molecule has 0 spiro atoms. The normalized spacial score (nSPS) is 14.4. The molecular weight excluding hydrogens is 248 g/mol. The third-order valence-electron chi connectivity index (χ3n) is 3.28. The molecule has 2 N–H and O–H groups in total. The van der Waals surface area contributed by atoms with Crippen LogP contribution in [-0.2, 0) is 0 Å². The molecule has 0 heterocycles. The highest BCUT2D eigenvalue weighted by Gasteiger charge is 2.33. The number of hydrogen-bond donors (Lipinski definition) is 2. The third-order valence-corrected chi connectivity index (χ3v) is 3.28. The van der Waals surface area contributed by atoms with Crippen LogP contribution in [0.4, 0.5) is 0 Å². The molecule has 0 rings (SSSR count). The lowest BCUT2D eigenvalue weighted by Gasteiger charge is -2.36. The summed E-state index contributed by atoms with van der Waals surface area (Å²) < 4.78 is 0. The van der Waals surface area contributed by atoms with Crippen molar-refractivity contribution in [2.75, 3.05) is 0 Å². The summed E-state index contributed by atoms with van der Waals surface area (Å²) in [5.74, 6) is 0. The molecule has 0 fully saturated rings. The summed E-state index contributed by atoms with van der Waals surface area (Å²) in [4.78, 5) is 0. The minimum absolute atomic E-state index is 0.00174. The quantitative estimate of drug-likeness (QED) is 0.667. The molecule has 0 saturated heterocycles. The van der Waals surface area contributed by atoms with Crippen LogP contribution in [0.25, 0.3) is 0 Å². The van der Waals surface area contributed by atoms with Crippen molar-refractivity contribution < 1.29 is 10.2 Å². The molecule has 0 radical (unpaired) electrons. The first-order valence-corrected chi connectivity index (χ1v) is 7.67. The highest BCUT2D eigenvalue weighted by atomic mass is 16.3. The molecule has 0 aromatic rings. The summed E-state index contributed by atoms with van der Waals surface area (Å²) in [5, 5.41) is 19.4. The van der Waals surface area contributed by atoms with E-state index in [0.29, 0.717) is 0 Å². The van der Waals surface area contributed by atoms with Gasteiger partial charge in [0.1, 0.15) is 0 Å². The minimum Gasteiger partial charge on any atom is -0.392 e. The highest BCUT2D eigenvalue weighted by Crippen LogP contribution is 2.33. The topological polar surface area (TPSA) is 40.5 Å². The predicted octanol–water partition coefficient (Wildman–Crippen LogP) is 4.88. The maximum Gasteiger partial charge on any atom is 0.0636 e. The Hall–Kier alpha value is -0.0800. The molecular formula is C18H40O2. The first-order valence-electron chi connectivity index (χ1n) is 7.67. The summed E-state index contributed by atoms with van der Waals surface area (Å²) in [5.41, 5.74) is -0.00694. The maximum absolute atomic E-state index is 9.72. The van der Waals surface area contributed by atoms with Crippen molar-refractivity contribution in [1.82, 2.24) is 0 Å². The van der Waals surface area contributed by atoms with Crippen LogP contribution in [0.15, 0.2) is 0 Å². The molecule has 0 aromatic carbocycles. The van der Waals surface area contributed by atoms with Gasteiger partial charge in [0.25, 0.3) is 0 Å². The highest BCUT2D eigenvalue weighted by molar-refractivity contribution is 4.83. The number of aliphatic hydroxyl groups excluding tert-OH is 2. The van der Waals surface area contributed by atoms with E-state index in [0.717, 1.165) is 0 Å². The van der Waals surface area contributed by atoms with Gasteiger partial charge in [0.05, 0.1) is 12.2 Å². The molecule has 0 bridgehead atoms. The van der Waals surface area contributed by atoms with Gasteiger partial charge in [0, 0.05) is 0 Å². The average molecular weight is 289 g/mol. The van der Waals surface area contributed by atoms with Crippen molar-refractivity contribution in [2.45, 2.75) is 95.3 Å². The van der Waals surface area contributed by atoms with E-state index in [9.17, 15) is 10.2 Å². The Bertz CT molecular complexity index is 208. The van der Waals surface area contributed by atoms with Gasteiger partial charge in [0.15, 0.2) is 0 Å². The molecule has 2 heteroatoms. The van der Waals surface area contributed by atoms with Crippen LogP contribution in [0, 0.1) is 21.7 Å². The SMILES string of the molecule is CC(C)(C)C(O)C(C)(C)C.CC(C)(C)C(O)C(C)(C)C. The second-order valence-electron chi connectivity index (χ2n) is 10.3. The molecule has 0 amide bonds. The van der Waals surface area contributed by atoms with Crippen LogP contribution in [0.2, 0.25) is 0 Å². The van der Waals surface area contributed by atoms with Crippen LogP contribution in [-0.4, -0.2) is 22.4 Å². The summed E-state index contributed by atoms with van der Waals surface area (Å²) in [6.07, 6.45) is -0.472. The zero-order chi connectivity index (χ0) is 17.2. The van der Waals surface area contributed by atoms with Crippen molar-refractivity contribution in [1.29, 1.82) is 0 Å². The molecule has 0 atom stereocenters. The summed E-state index contributed by atoms with van der Waals surface area (Å²) >= 11 is 0. The van der Waals surface area contributed by atoms with E-state index in [-0.39, 0.29) is 33.9 Å². The molecule has 0 aromatic heterocycles. The van der Waals surface area contributed by atoms with Crippen molar-refractivity contribution in [3.05, 3.63) is 0 Å². The Balaban J connectivity index is 0. The zero-order valence-electron chi connectivity index (χ0n) is 16.0. The Morgan fingerprint density at radius 2 is 0.500 bits per heavy atom. The zero-order valence-corrected chi connectivity index (χ0v) is 16.0. The van der Waals surface area contributed by atoms with Crippen LogP contribution >= 0.6 is 0 Å². The van der Waals surface area contributed by atoms with Crippen LogP contribution < -0.4 is 0 Å². The summed E-state index contributed by atoms with van der Waals surface area (Å²) in [6.45, 7) is 24.7. The van der Waals surface area contributed by atoms with Crippen LogP contribution in [0.3, 0.4) is 0 Å². The predicted molar refractivity (Wildman–Crippen MR) is 89.8 cm³/mol. The van der Waals surface area contributed by atoms with Crippen molar-refractivity contribution in [3.63, 3.8) is 0 Å². The van der Waals surface area contributed by atoms with E-state index in [1.165, 1.54) is 0 Å². The number of aliphatic hydroxyl groups is 2. The number of hydrogen-bond acceptors (Lipinski definition) is 2. The Morgan fingerprint density at radius 1 is 0.400 bits per heavy atom. The van der Waals surface area contributed by atoms with Gasteiger partial charge in [-0.2, -0.15) is 0 Å². The Morgan fingerprint density at radius 3 is 0.500 bits per heavy atom. The standard InChI is InChI=1S/2C9H20O/c2*1-8(2,3)7(10)9(4,5)6/h2*7,10H,1-6H3. The lowest BCUT2D eigenvalue weighted by atomic mass is 9.74. The number of rotatable bonds is 0. The van der Waals surface area contributed by atoms with E-state index in [1.807, 2.05) is 0 Å². The monoisotopic (exact) mass is 288 g/mol. The van der Waals surface area contributed by atoms with E-state index < -0.39 is 0 Å². The van der Waals surface area contributed by atoms with Gasteiger partial charge < -0.3 is 10.2 Å². The van der Waals surface area contributed by atoms with Gasteiger partial charge in [0.2, 0.25) is 0 Å². The summed E-state index contributed by atoms with van der Waals surface area (Å²) in [7, 11) is 0. The Labute approximate surface area is 128 Å². The second-order valence-corrected chi connectivity index (χ2v) is 10.3. The van der Waals surface area contributed by atoms with E-state index in [2.05, 4.69) is 83.1 Å². The molecule has 0 aliphatic heterocycles. The maximum atomic E-state index is 9.72. The van der Waals surface area contributed by atoms with E-state index in [4.69, 9.17) is 0 Å². The molecule has 0 aliphatic rings. The molecule has 2 nitrogen and oxygen atoms in total. The van der Waals surface area contributed by atoms with Crippen molar-refractivity contribution in [3.8, 4) is 0 Å². The largest absolute Gasteiger partial charge is 0.392 e. The van der Waals surface area contributed by atoms with Gasteiger partial charge in [-0.3, -0.25) is 0 Å². The van der Waals surface area contributed by atoms with Gasteiger partial charge in [-0.05, 0) is 21.7 Å². The van der Waals surface area contributed by atoms with Gasteiger partial charge in [-0.15, -0.1) is 0 Å². The minimum atomic E-state index is -0.236. The lowest BCUT2D eigenvalue weighted by molar-refractivity contribution is -0.0229. The van der Waals surface area contributed by atoms with Crippen molar-refractivity contribution >= 4 is 0 Å². The fourth-order valence-electron chi connectivity index (χ4n) is 2.60. The first kappa shape index (κ1) is 22.2. The van der Waals surface area contributed by atoms with Crippen LogP contribution in [0.5, 0.6) is 0 Å². The first-order chi connectivity index (χ1) is 8.31. The van der Waals surface area contributed by atoms with E-state index >= 15 is 0 Å². The lowest BCUT2D eigenvalue weighted by Crippen LogP contribution is -2.37. The molecule has 0 unspecified atom stereocenters. The Kier molecular flexibility index (Phi) is 7.54. The fraction of sp³-hybridized carbons (Fsp3) is 1.00. The van der Waals surface area contributed by atoms with Crippen LogP contribution in [0.1, 0.15) is 83.1 Å². The summed E-state index contributed by atoms with van der Waals surface area (Å²) in [6, 6.07) is 0. The van der Waals surface area contributed by atoms with Gasteiger partial charge in [-0.25, -0.2) is 0 Å².